The minimum atomic E-state index is -4.18. The fourth-order valence-corrected chi connectivity index (χ4v) is 5.65. The molecule has 0 aliphatic carbocycles. The quantitative estimate of drug-likeness (QED) is 0.260. The van der Waals surface area contributed by atoms with Crippen LogP contribution in [0, 0.1) is 0 Å². The van der Waals surface area contributed by atoms with E-state index in [-0.39, 0.29) is 23.0 Å². The number of hydrogen-bond donors (Lipinski definition) is 1. The highest BCUT2D eigenvalue weighted by Crippen LogP contribution is 2.32. The first-order valence-corrected chi connectivity index (χ1v) is 15.1. The minimum Gasteiger partial charge on any atom is -0.492 e. The number of benzene rings is 3. The smallest absolute Gasteiger partial charge is 0.264 e. The van der Waals surface area contributed by atoms with Gasteiger partial charge in [-0.25, -0.2) is 8.42 Å². The number of anilines is 1. The monoisotopic (exact) mass is 585 g/mol. The second-order valence-electron chi connectivity index (χ2n) is 9.19. The first-order chi connectivity index (χ1) is 19.2. The minimum absolute atomic E-state index is 0.0312. The Morgan fingerprint density at radius 1 is 0.950 bits per heavy atom. The SMILES string of the molecule is CCCCNC(=O)C(C)N(Cc1ccc(Cl)cc1)C(=O)CN(c1ccccc1OCC)S(=O)(=O)c1ccccc1. The zero-order valence-corrected chi connectivity index (χ0v) is 24.6. The summed E-state index contributed by atoms with van der Waals surface area (Å²) in [5.41, 5.74) is 0.978. The average molecular weight is 586 g/mol. The number of sulfonamides is 1. The van der Waals surface area contributed by atoms with E-state index in [2.05, 4.69) is 5.32 Å². The van der Waals surface area contributed by atoms with Gasteiger partial charge in [0.05, 0.1) is 17.2 Å². The Labute approximate surface area is 241 Å². The molecule has 3 rings (SSSR count). The summed E-state index contributed by atoms with van der Waals surface area (Å²) < 4.78 is 34.6. The van der Waals surface area contributed by atoms with E-state index < -0.39 is 28.5 Å². The van der Waals surface area contributed by atoms with Crippen molar-refractivity contribution in [1.82, 2.24) is 10.2 Å². The maximum atomic E-state index is 14.0. The van der Waals surface area contributed by atoms with Crippen molar-refractivity contribution < 1.29 is 22.7 Å². The lowest BCUT2D eigenvalue weighted by Gasteiger charge is -2.32. The molecule has 10 heteroatoms. The number of nitrogens with zero attached hydrogens (tertiary/aromatic N) is 2. The Kier molecular flexibility index (Phi) is 11.4. The molecule has 0 saturated carbocycles. The van der Waals surface area contributed by atoms with E-state index in [1.54, 1.807) is 80.6 Å². The first-order valence-electron chi connectivity index (χ1n) is 13.3. The third-order valence-electron chi connectivity index (χ3n) is 6.31. The Balaban J connectivity index is 2.03. The van der Waals surface area contributed by atoms with Crippen molar-refractivity contribution in [3.8, 4) is 5.75 Å². The molecule has 0 spiro atoms. The van der Waals surface area contributed by atoms with Gasteiger partial charge in [-0.05, 0) is 62.2 Å². The fraction of sp³-hybridized carbons (Fsp3) is 0.333. The third-order valence-corrected chi connectivity index (χ3v) is 8.33. The molecule has 2 amide bonds. The molecule has 214 valence electrons. The molecule has 1 N–H and O–H groups in total. The number of para-hydroxylation sites is 2. The zero-order valence-electron chi connectivity index (χ0n) is 23.0. The van der Waals surface area contributed by atoms with Gasteiger partial charge in [-0.2, -0.15) is 0 Å². The van der Waals surface area contributed by atoms with E-state index >= 15 is 0 Å². The number of hydrogen-bond acceptors (Lipinski definition) is 5. The molecule has 1 atom stereocenters. The van der Waals surface area contributed by atoms with E-state index in [1.807, 2.05) is 6.92 Å². The van der Waals surface area contributed by atoms with Gasteiger partial charge in [-0.15, -0.1) is 0 Å². The van der Waals surface area contributed by atoms with Crippen molar-refractivity contribution in [1.29, 1.82) is 0 Å². The van der Waals surface area contributed by atoms with Gasteiger partial charge >= 0.3 is 0 Å². The molecular formula is C30H36ClN3O5S. The lowest BCUT2D eigenvalue weighted by Crippen LogP contribution is -2.51. The summed E-state index contributed by atoms with van der Waals surface area (Å²) in [6.07, 6.45) is 1.72. The second kappa shape index (κ2) is 14.7. The molecule has 8 nitrogen and oxygen atoms in total. The van der Waals surface area contributed by atoms with Crippen LogP contribution in [0.4, 0.5) is 5.69 Å². The molecule has 3 aromatic rings. The van der Waals surface area contributed by atoms with Gasteiger partial charge in [0.1, 0.15) is 18.3 Å². The molecule has 0 aliphatic rings. The van der Waals surface area contributed by atoms with E-state index in [1.165, 1.54) is 17.0 Å². The molecule has 0 bridgehead atoms. The lowest BCUT2D eigenvalue weighted by atomic mass is 10.1. The molecule has 0 aromatic heterocycles. The Hall–Kier alpha value is -3.56. The summed E-state index contributed by atoms with van der Waals surface area (Å²) in [5.74, 6) is -0.534. The summed E-state index contributed by atoms with van der Waals surface area (Å²) in [7, 11) is -4.18. The lowest BCUT2D eigenvalue weighted by molar-refractivity contribution is -0.139. The summed E-state index contributed by atoms with van der Waals surface area (Å²) >= 11 is 6.05. The summed E-state index contributed by atoms with van der Waals surface area (Å²) in [6, 6.07) is 20.7. The summed E-state index contributed by atoms with van der Waals surface area (Å²) in [6.45, 7) is 5.80. The zero-order chi connectivity index (χ0) is 29.1. The number of amides is 2. The highest BCUT2D eigenvalue weighted by molar-refractivity contribution is 7.92. The van der Waals surface area contributed by atoms with Crippen LogP contribution in [0.25, 0.3) is 0 Å². The topological polar surface area (TPSA) is 96.0 Å². The van der Waals surface area contributed by atoms with Crippen LogP contribution >= 0.6 is 11.6 Å². The van der Waals surface area contributed by atoms with Crippen molar-refractivity contribution in [2.75, 3.05) is 24.0 Å². The number of rotatable bonds is 14. The van der Waals surface area contributed by atoms with E-state index in [9.17, 15) is 18.0 Å². The normalized spacial score (nSPS) is 11.9. The highest BCUT2D eigenvalue weighted by atomic mass is 35.5. The van der Waals surface area contributed by atoms with Crippen LogP contribution in [0.5, 0.6) is 5.75 Å². The van der Waals surface area contributed by atoms with Crippen molar-refractivity contribution in [2.24, 2.45) is 0 Å². The van der Waals surface area contributed by atoms with Gasteiger partial charge in [-0.1, -0.05) is 67.4 Å². The van der Waals surface area contributed by atoms with Crippen molar-refractivity contribution in [3.63, 3.8) is 0 Å². The van der Waals surface area contributed by atoms with Crippen LogP contribution in [-0.2, 0) is 26.2 Å². The standard InChI is InChI=1S/C30H36ClN3O5S/c1-4-6-20-32-30(36)23(3)33(21-24-16-18-25(31)19-17-24)29(35)22-34(27-14-10-11-15-28(27)39-5-2)40(37,38)26-12-8-7-9-13-26/h7-19,23H,4-6,20-22H2,1-3H3,(H,32,36). The van der Waals surface area contributed by atoms with Crippen LogP contribution in [-0.4, -0.2) is 50.9 Å². The summed E-state index contributed by atoms with van der Waals surface area (Å²) in [4.78, 5) is 28.5. The van der Waals surface area contributed by atoms with Crippen molar-refractivity contribution in [3.05, 3.63) is 89.4 Å². The molecular weight excluding hydrogens is 550 g/mol. The van der Waals surface area contributed by atoms with E-state index in [0.29, 0.717) is 23.9 Å². The molecule has 3 aromatic carbocycles. The molecule has 0 fully saturated rings. The number of carbonyl (C=O) groups is 2. The maximum absolute atomic E-state index is 14.0. The number of carbonyl (C=O) groups excluding carboxylic acids is 2. The predicted molar refractivity (Wildman–Crippen MR) is 158 cm³/mol. The highest BCUT2D eigenvalue weighted by Gasteiger charge is 2.33. The third kappa shape index (κ3) is 7.99. The number of nitrogens with one attached hydrogen (secondary N) is 1. The average Bonchev–Trinajstić information content (AvgIpc) is 2.96. The second-order valence-corrected chi connectivity index (χ2v) is 11.5. The Bertz CT molecular complexity index is 1370. The van der Waals surface area contributed by atoms with Crippen LogP contribution in [0.1, 0.15) is 39.2 Å². The summed E-state index contributed by atoms with van der Waals surface area (Å²) in [5, 5.41) is 3.42. The van der Waals surface area contributed by atoms with Crippen molar-refractivity contribution >= 4 is 39.1 Å². The van der Waals surface area contributed by atoms with Crippen LogP contribution < -0.4 is 14.4 Å². The Morgan fingerprint density at radius 3 is 2.25 bits per heavy atom. The molecule has 0 heterocycles. The molecule has 40 heavy (non-hydrogen) atoms. The number of ether oxygens (including phenoxy) is 1. The van der Waals surface area contributed by atoms with Gasteiger partial charge in [-0.3, -0.25) is 13.9 Å². The number of halogens is 1. The van der Waals surface area contributed by atoms with Crippen LogP contribution in [0.2, 0.25) is 5.02 Å². The van der Waals surface area contributed by atoms with Gasteiger partial charge in [0, 0.05) is 18.1 Å². The molecule has 0 aliphatic heterocycles. The molecule has 1 unspecified atom stereocenters. The van der Waals surface area contributed by atoms with Crippen LogP contribution in [0.15, 0.2) is 83.8 Å². The Morgan fingerprint density at radius 2 is 1.60 bits per heavy atom. The van der Waals surface area contributed by atoms with Gasteiger partial charge in [0.15, 0.2) is 0 Å². The fourth-order valence-electron chi connectivity index (χ4n) is 4.08. The van der Waals surface area contributed by atoms with Crippen LogP contribution in [0.3, 0.4) is 0 Å². The largest absolute Gasteiger partial charge is 0.492 e. The maximum Gasteiger partial charge on any atom is 0.264 e. The van der Waals surface area contributed by atoms with E-state index in [0.717, 1.165) is 22.7 Å². The van der Waals surface area contributed by atoms with Gasteiger partial charge in [0.25, 0.3) is 10.0 Å². The predicted octanol–water partition coefficient (Wildman–Crippen LogP) is 5.27. The first kappa shape index (κ1) is 31.0. The number of unbranched alkanes of at least 4 members (excludes halogenated alkanes) is 1. The van der Waals surface area contributed by atoms with Crippen molar-refractivity contribution in [2.45, 2.75) is 51.1 Å². The molecule has 0 saturated heterocycles. The molecule has 0 radical (unpaired) electrons. The van der Waals surface area contributed by atoms with Gasteiger partial charge in [0.2, 0.25) is 11.8 Å². The van der Waals surface area contributed by atoms with E-state index in [4.69, 9.17) is 16.3 Å². The van der Waals surface area contributed by atoms with Gasteiger partial charge < -0.3 is 15.0 Å².